The molecular weight excluding hydrogens is 268 g/mol. The molecule has 1 aromatic heterocycles. The van der Waals surface area contributed by atoms with Crippen LogP contribution in [0.3, 0.4) is 0 Å². The highest BCUT2D eigenvalue weighted by molar-refractivity contribution is 5.92. The second kappa shape index (κ2) is 6.26. The summed E-state index contributed by atoms with van der Waals surface area (Å²) in [6.07, 6.45) is 1.84. The van der Waals surface area contributed by atoms with Gasteiger partial charge in [-0.25, -0.2) is 4.79 Å². The van der Waals surface area contributed by atoms with E-state index in [1.165, 1.54) is 7.11 Å². The van der Waals surface area contributed by atoms with Gasteiger partial charge in [-0.15, -0.1) is 0 Å². The number of carbonyl (C=O) groups excluding carboxylic acids is 2. The Morgan fingerprint density at radius 2 is 1.86 bits per heavy atom. The van der Waals surface area contributed by atoms with E-state index in [1.54, 1.807) is 34.7 Å². The molecule has 2 aromatic rings. The number of nitrogens with zero attached hydrogens (tertiary/aromatic N) is 2. The van der Waals surface area contributed by atoms with Gasteiger partial charge >= 0.3 is 5.97 Å². The Morgan fingerprint density at radius 3 is 2.38 bits per heavy atom. The second-order valence-electron chi connectivity index (χ2n) is 4.85. The first-order valence-corrected chi connectivity index (χ1v) is 6.57. The Morgan fingerprint density at radius 1 is 1.19 bits per heavy atom. The van der Waals surface area contributed by atoms with Crippen molar-refractivity contribution in [3.8, 4) is 0 Å². The SMILES string of the molecule is COC(=O)c1ccc(CN(C)C(=O)c2cccn2C)cc1. The number of amides is 1. The van der Waals surface area contributed by atoms with Crippen LogP contribution in [0, 0.1) is 0 Å². The molecule has 110 valence electrons. The van der Waals surface area contributed by atoms with E-state index in [0.29, 0.717) is 17.8 Å². The van der Waals surface area contributed by atoms with Gasteiger partial charge in [-0.2, -0.15) is 0 Å². The van der Waals surface area contributed by atoms with Crippen LogP contribution in [0.2, 0.25) is 0 Å². The minimum atomic E-state index is -0.366. The maximum absolute atomic E-state index is 12.3. The van der Waals surface area contributed by atoms with Crippen molar-refractivity contribution in [3.05, 3.63) is 59.4 Å². The molecule has 0 aliphatic carbocycles. The molecule has 5 nitrogen and oxygen atoms in total. The summed E-state index contributed by atoms with van der Waals surface area (Å²) < 4.78 is 6.44. The van der Waals surface area contributed by atoms with E-state index in [0.717, 1.165) is 5.56 Å². The molecule has 0 unspecified atom stereocenters. The minimum Gasteiger partial charge on any atom is -0.465 e. The van der Waals surface area contributed by atoms with Crippen LogP contribution in [-0.4, -0.2) is 35.5 Å². The Kier molecular flexibility index (Phi) is 4.42. The summed E-state index contributed by atoms with van der Waals surface area (Å²) in [4.78, 5) is 25.3. The van der Waals surface area contributed by atoms with Gasteiger partial charge in [-0.1, -0.05) is 12.1 Å². The van der Waals surface area contributed by atoms with E-state index >= 15 is 0 Å². The topological polar surface area (TPSA) is 51.5 Å². The summed E-state index contributed by atoms with van der Waals surface area (Å²) in [6, 6.07) is 10.7. The van der Waals surface area contributed by atoms with Gasteiger partial charge < -0.3 is 14.2 Å². The number of carbonyl (C=O) groups is 2. The molecule has 0 N–H and O–H groups in total. The molecule has 21 heavy (non-hydrogen) atoms. The van der Waals surface area contributed by atoms with E-state index < -0.39 is 0 Å². The van der Waals surface area contributed by atoms with Gasteiger partial charge in [0.25, 0.3) is 5.91 Å². The summed E-state index contributed by atoms with van der Waals surface area (Å²) in [5.74, 6) is -0.408. The zero-order valence-electron chi connectivity index (χ0n) is 12.4. The van der Waals surface area contributed by atoms with Crippen LogP contribution in [0.4, 0.5) is 0 Å². The number of benzene rings is 1. The lowest BCUT2D eigenvalue weighted by Crippen LogP contribution is -2.27. The molecule has 0 saturated carbocycles. The number of methoxy groups -OCH3 is 1. The number of rotatable bonds is 4. The molecule has 0 aliphatic heterocycles. The molecule has 5 heteroatoms. The summed E-state index contributed by atoms with van der Waals surface area (Å²) in [5.41, 5.74) is 2.09. The molecule has 0 fully saturated rings. The van der Waals surface area contributed by atoms with Crippen molar-refractivity contribution in [3.63, 3.8) is 0 Å². The molecule has 2 rings (SSSR count). The van der Waals surface area contributed by atoms with Crippen molar-refractivity contribution in [1.29, 1.82) is 0 Å². The third-order valence-electron chi connectivity index (χ3n) is 3.30. The fourth-order valence-corrected chi connectivity index (χ4v) is 2.09. The van der Waals surface area contributed by atoms with E-state index in [4.69, 9.17) is 0 Å². The lowest BCUT2D eigenvalue weighted by atomic mass is 10.1. The van der Waals surface area contributed by atoms with Gasteiger partial charge in [0.15, 0.2) is 0 Å². The molecule has 1 heterocycles. The third kappa shape index (κ3) is 3.31. The van der Waals surface area contributed by atoms with Crippen molar-refractivity contribution in [2.45, 2.75) is 6.54 Å². The standard InChI is InChI=1S/C16H18N2O3/c1-17-10-4-5-14(17)15(19)18(2)11-12-6-8-13(9-7-12)16(20)21-3/h4-10H,11H2,1-3H3. The van der Waals surface area contributed by atoms with Crippen molar-refractivity contribution in [1.82, 2.24) is 9.47 Å². The number of aryl methyl sites for hydroxylation is 1. The highest BCUT2D eigenvalue weighted by Gasteiger charge is 2.14. The Balaban J connectivity index is 2.06. The van der Waals surface area contributed by atoms with Crippen molar-refractivity contribution < 1.29 is 14.3 Å². The lowest BCUT2D eigenvalue weighted by Gasteiger charge is -2.17. The smallest absolute Gasteiger partial charge is 0.337 e. The van der Waals surface area contributed by atoms with Gasteiger partial charge in [-0.05, 0) is 29.8 Å². The average molecular weight is 286 g/mol. The van der Waals surface area contributed by atoms with Crippen LogP contribution < -0.4 is 0 Å². The van der Waals surface area contributed by atoms with Crippen LogP contribution in [-0.2, 0) is 18.3 Å². The normalized spacial score (nSPS) is 10.2. The number of ether oxygens (including phenoxy) is 1. The van der Waals surface area contributed by atoms with Crippen molar-refractivity contribution in [2.24, 2.45) is 7.05 Å². The largest absolute Gasteiger partial charge is 0.465 e. The highest BCUT2D eigenvalue weighted by atomic mass is 16.5. The zero-order chi connectivity index (χ0) is 15.4. The molecule has 0 radical (unpaired) electrons. The van der Waals surface area contributed by atoms with Gasteiger partial charge in [0.2, 0.25) is 0 Å². The van der Waals surface area contributed by atoms with E-state index in [-0.39, 0.29) is 11.9 Å². The second-order valence-corrected chi connectivity index (χ2v) is 4.85. The molecular formula is C16H18N2O3. The van der Waals surface area contributed by atoms with Gasteiger partial charge in [0.05, 0.1) is 12.7 Å². The van der Waals surface area contributed by atoms with Gasteiger partial charge in [0, 0.05) is 26.8 Å². The number of hydrogen-bond acceptors (Lipinski definition) is 3. The molecule has 0 spiro atoms. The predicted molar refractivity (Wildman–Crippen MR) is 79.0 cm³/mol. The Labute approximate surface area is 123 Å². The van der Waals surface area contributed by atoms with Crippen LogP contribution in [0.15, 0.2) is 42.6 Å². The van der Waals surface area contributed by atoms with Crippen LogP contribution in [0.5, 0.6) is 0 Å². The van der Waals surface area contributed by atoms with E-state index in [9.17, 15) is 9.59 Å². The fraction of sp³-hybridized carbons (Fsp3) is 0.250. The van der Waals surface area contributed by atoms with Crippen LogP contribution in [0.25, 0.3) is 0 Å². The minimum absolute atomic E-state index is 0.0421. The summed E-state index contributed by atoms with van der Waals surface area (Å²) >= 11 is 0. The van der Waals surface area contributed by atoms with Gasteiger partial charge in [-0.3, -0.25) is 4.79 Å². The maximum atomic E-state index is 12.3. The highest BCUT2D eigenvalue weighted by Crippen LogP contribution is 2.10. The van der Waals surface area contributed by atoms with Gasteiger partial charge in [0.1, 0.15) is 5.69 Å². The van der Waals surface area contributed by atoms with Crippen LogP contribution in [0.1, 0.15) is 26.4 Å². The first kappa shape index (κ1) is 14.8. The number of aromatic nitrogens is 1. The maximum Gasteiger partial charge on any atom is 0.337 e. The molecule has 0 aliphatic rings. The Bertz CT molecular complexity index is 644. The van der Waals surface area contributed by atoms with E-state index in [1.807, 2.05) is 31.4 Å². The molecule has 0 saturated heterocycles. The third-order valence-corrected chi connectivity index (χ3v) is 3.30. The first-order valence-electron chi connectivity index (χ1n) is 6.57. The molecule has 0 atom stereocenters. The Hall–Kier alpha value is -2.56. The quantitative estimate of drug-likeness (QED) is 0.809. The molecule has 0 bridgehead atoms. The zero-order valence-corrected chi connectivity index (χ0v) is 12.4. The fourth-order valence-electron chi connectivity index (χ4n) is 2.09. The number of esters is 1. The first-order chi connectivity index (χ1) is 10.0. The van der Waals surface area contributed by atoms with Crippen molar-refractivity contribution in [2.75, 3.05) is 14.2 Å². The number of hydrogen-bond donors (Lipinski definition) is 0. The predicted octanol–water partition coefficient (Wildman–Crippen LogP) is 2.08. The average Bonchev–Trinajstić information content (AvgIpc) is 2.92. The lowest BCUT2D eigenvalue weighted by molar-refractivity contribution is 0.0600. The summed E-state index contributed by atoms with van der Waals surface area (Å²) in [7, 11) is 4.94. The molecule has 1 amide bonds. The summed E-state index contributed by atoms with van der Waals surface area (Å²) in [6.45, 7) is 0.478. The monoisotopic (exact) mass is 286 g/mol. The molecule has 1 aromatic carbocycles. The summed E-state index contributed by atoms with van der Waals surface area (Å²) in [5, 5.41) is 0. The van der Waals surface area contributed by atoms with Crippen molar-refractivity contribution >= 4 is 11.9 Å². The van der Waals surface area contributed by atoms with E-state index in [2.05, 4.69) is 4.74 Å². The van der Waals surface area contributed by atoms with Crippen LogP contribution >= 0.6 is 0 Å².